The third-order valence-corrected chi connectivity index (χ3v) is 3.53. The molecule has 2 aromatic rings. The second-order valence-corrected chi connectivity index (χ2v) is 5.12. The molecule has 0 atom stereocenters. The van der Waals surface area contributed by atoms with Crippen LogP contribution in [-0.4, -0.2) is 11.4 Å². The zero-order valence-corrected chi connectivity index (χ0v) is 12.1. The number of nitrogens with zero attached hydrogens (tertiary/aromatic N) is 1. The fraction of sp³-hybridized carbons (Fsp3) is 0.294. The first-order chi connectivity index (χ1) is 9.58. The van der Waals surface area contributed by atoms with Gasteiger partial charge in [0, 0.05) is 18.8 Å². The molecule has 2 rings (SSSR count). The van der Waals surface area contributed by atoms with Crippen molar-refractivity contribution in [3.63, 3.8) is 0 Å². The van der Waals surface area contributed by atoms with E-state index in [4.69, 9.17) is 5.73 Å². The van der Waals surface area contributed by atoms with Gasteiger partial charge in [-0.25, -0.2) is 4.39 Å². The summed E-state index contributed by atoms with van der Waals surface area (Å²) >= 11 is 0. The smallest absolute Gasteiger partial charge is 0.123 e. The summed E-state index contributed by atoms with van der Waals surface area (Å²) in [6.45, 7) is 6.73. The molecule has 2 N–H and O–H groups in total. The van der Waals surface area contributed by atoms with Crippen molar-refractivity contribution in [1.82, 2.24) is 4.90 Å². The van der Waals surface area contributed by atoms with Gasteiger partial charge < -0.3 is 5.73 Å². The first-order valence-electron chi connectivity index (χ1n) is 6.90. The van der Waals surface area contributed by atoms with E-state index < -0.39 is 0 Å². The molecule has 0 saturated heterocycles. The predicted octanol–water partition coefficient (Wildman–Crippen LogP) is 3.74. The van der Waals surface area contributed by atoms with E-state index in [9.17, 15) is 4.39 Å². The highest BCUT2D eigenvalue weighted by atomic mass is 19.1. The summed E-state index contributed by atoms with van der Waals surface area (Å²) in [5.74, 6) is -0.173. The van der Waals surface area contributed by atoms with Crippen LogP contribution in [-0.2, 0) is 13.1 Å². The van der Waals surface area contributed by atoms with Crippen molar-refractivity contribution in [3.8, 4) is 0 Å². The fourth-order valence-electron chi connectivity index (χ4n) is 2.24. The van der Waals surface area contributed by atoms with E-state index in [2.05, 4.69) is 24.0 Å². The SMILES string of the molecule is CCN(Cc1ccc(N)cc1)Cc1ccc(F)cc1C. The summed E-state index contributed by atoms with van der Waals surface area (Å²) in [7, 11) is 0. The Morgan fingerprint density at radius 3 is 2.35 bits per heavy atom. The molecular formula is C17H21FN2. The average molecular weight is 272 g/mol. The van der Waals surface area contributed by atoms with Crippen LogP contribution < -0.4 is 5.73 Å². The molecule has 0 aromatic heterocycles. The van der Waals surface area contributed by atoms with Crippen LogP contribution in [0, 0.1) is 12.7 Å². The fourth-order valence-corrected chi connectivity index (χ4v) is 2.24. The number of rotatable bonds is 5. The molecule has 0 amide bonds. The summed E-state index contributed by atoms with van der Waals surface area (Å²) in [4.78, 5) is 2.33. The summed E-state index contributed by atoms with van der Waals surface area (Å²) in [6, 6.07) is 12.9. The second kappa shape index (κ2) is 6.53. The lowest BCUT2D eigenvalue weighted by Gasteiger charge is -2.21. The van der Waals surface area contributed by atoms with Crippen LogP contribution in [0.4, 0.5) is 10.1 Å². The molecule has 106 valence electrons. The number of hydrogen-bond acceptors (Lipinski definition) is 2. The molecule has 2 nitrogen and oxygen atoms in total. The third kappa shape index (κ3) is 3.81. The van der Waals surface area contributed by atoms with Gasteiger partial charge in [0.25, 0.3) is 0 Å². The van der Waals surface area contributed by atoms with Crippen molar-refractivity contribution in [1.29, 1.82) is 0 Å². The van der Waals surface area contributed by atoms with E-state index in [0.717, 1.165) is 30.9 Å². The summed E-state index contributed by atoms with van der Waals surface area (Å²) in [5.41, 5.74) is 9.89. The van der Waals surface area contributed by atoms with E-state index >= 15 is 0 Å². The Kier molecular flexibility index (Phi) is 4.74. The van der Waals surface area contributed by atoms with Crippen LogP contribution in [0.25, 0.3) is 0 Å². The minimum absolute atomic E-state index is 0.173. The molecule has 0 aliphatic carbocycles. The molecule has 0 bridgehead atoms. The zero-order valence-electron chi connectivity index (χ0n) is 12.1. The van der Waals surface area contributed by atoms with Crippen LogP contribution in [0.15, 0.2) is 42.5 Å². The number of nitrogen functional groups attached to an aromatic ring is 1. The van der Waals surface area contributed by atoms with E-state index in [1.807, 2.05) is 25.1 Å². The normalized spacial score (nSPS) is 11.0. The minimum atomic E-state index is -0.173. The molecule has 0 aliphatic heterocycles. The van der Waals surface area contributed by atoms with Gasteiger partial charge >= 0.3 is 0 Å². The lowest BCUT2D eigenvalue weighted by molar-refractivity contribution is 0.271. The number of anilines is 1. The van der Waals surface area contributed by atoms with Crippen LogP contribution in [0.2, 0.25) is 0 Å². The standard InChI is InChI=1S/C17H21FN2/c1-3-20(11-14-4-8-17(19)9-5-14)12-15-6-7-16(18)10-13(15)2/h4-10H,3,11-12,19H2,1-2H3. The quantitative estimate of drug-likeness (QED) is 0.840. The number of halogens is 1. The van der Waals surface area contributed by atoms with Gasteiger partial charge in [-0.1, -0.05) is 25.1 Å². The first-order valence-corrected chi connectivity index (χ1v) is 6.90. The highest BCUT2D eigenvalue weighted by Crippen LogP contribution is 2.15. The summed E-state index contributed by atoms with van der Waals surface area (Å²) in [6.07, 6.45) is 0. The molecule has 0 fully saturated rings. The molecule has 0 heterocycles. The van der Waals surface area contributed by atoms with Crippen molar-refractivity contribution in [2.24, 2.45) is 0 Å². The molecular weight excluding hydrogens is 251 g/mol. The van der Waals surface area contributed by atoms with Crippen molar-refractivity contribution in [2.45, 2.75) is 26.9 Å². The van der Waals surface area contributed by atoms with Gasteiger partial charge in [0.1, 0.15) is 5.82 Å². The molecule has 20 heavy (non-hydrogen) atoms. The Morgan fingerprint density at radius 1 is 1.05 bits per heavy atom. The maximum Gasteiger partial charge on any atom is 0.123 e. The summed E-state index contributed by atoms with van der Waals surface area (Å²) in [5, 5.41) is 0. The van der Waals surface area contributed by atoms with Crippen LogP contribution >= 0.6 is 0 Å². The largest absolute Gasteiger partial charge is 0.399 e. The molecule has 2 aromatic carbocycles. The van der Waals surface area contributed by atoms with Gasteiger partial charge in [-0.3, -0.25) is 4.90 Å². The highest BCUT2D eigenvalue weighted by molar-refractivity contribution is 5.39. The maximum atomic E-state index is 13.1. The Morgan fingerprint density at radius 2 is 1.75 bits per heavy atom. The van der Waals surface area contributed by atoms with E-state index in [-0.39, 0.29) is 5.82 Å². The highest BCUT2D eigenvalue weighted by Gasteiger charge is 2.07. The Bertz CT molecular complexity index is 564. The molecule has 0 spiro atoms. The van der Waals surface area contributed by atoms with Gasteiger partial charge in [0.2, 0.25) is 0 Å². The molecule has 0 aliphatic rings. The van der Waals surface area contributed by atoms with Crippen molar-refractivity contribution >= 4 is 5.69 Å². The van der Waals surface area contributed by atoms with Gasteiger partial charge in [-0.2, -0.15) is 0 Å². The lowest BCUT2D eigenvalue weighted by Crippen LogP contribution is -2.22. The van der Waals surface area contributed by atoms with Gasteiger partial charge in [0.05, 0.1) is 0 Å². The minimum Gasteiger partial charge on any atom is -0.399 e. The Labute approximate surface area is 120 Å². The number of nitrogens with two attached hydrogens (primary N) is 1. The van der Waals surface area contributed by atoms with Crippen molar-refractivity contribution < 1.29 is 4.39 Å². The molecule has 0 saturated carbocycles. The van der Waals surface area contributed by atoms with Crippen LogP contribution in [0.5, 0.6) is 0 Å². The number of aryl methyl sites for hydroxylation is 1. The Hall–Kier alpha value is -1.87. The predicted molar refractivity (Wildman–Crippen MR) is 81.8 cm³/mol. The Balaban J connectivity index is 2.07. The topological polar surface area (TPSA) is 29.3 Å². The van der Waals surface area contributed by atoms with E-state index in [1.165, 1.54) is 17.2 Å². The number of benzene rings is 2. The van der Waals surface area contributed by atoms with Crippen LogP contribution in [0.3, 0.4) is 0 Å². The first kappa shape index (κ1) is 14.5. The van der Waals surface area contributed by atoms with Gasteiger partial charge in [-0.15, -0.1) is 0 Å². The summed E-state index contributed by atoms with van der Waals surface area (Å²) < 4.78 is 13.1. The van der Waals surface area contributed by atoms with Gasteiger partial charge in [0.15, 0.2) is 0 Å². The van der Waals surface area contributed by atoms with Crippen LogP contribution in [0.1, 0.15) is 23.6 Å². The molecule has 3 heteroatoms. The van der Waals surface area contributed by atoms with Gasteiger partial charge in [-0.05, 0) is 54.4 Å². The zero-order chi connectivity index (χ0) is 14.5. The monoisotopic (exact) mass is 272 g/mol. The maximum absolute atomic E-state index is 13.1. The van der Waals surface area contributed by atoms with Crippen molar-refractivity contribution in [3.05, 3.63) is 65.0 Å². The van der Waals surface area contributed by atoms with E-state index in [0.29, 0.717) is 0 Å². The van der Waals surface area contributed by atoms with Crippen molar-refractivity contribution in [2.75, 3.05) is 12.3 Å². The molecule has 0 radical (unpaired) electrons. The van der Waals surface area contributed by atoms with E-state index in [1.54, 1.807) is 6.07 Å². The average Bonchev–Trinajstić information content (AvgIpc) is 2.43. The second-order valence-electron chi connectivity index (χ2n) is 5.12. The molecule has 0 unspecified atom stereocenters. The number of hydrogen-bond donors (Lipinski definition) is 1. The lowest BCUT2D eigenvalue weighted by atomic mass is 10.1. The third-order valence-electron chi connectivity index (χ3n) is 3.53.